The Morgan fingerprint density at radius 1 is 1.21 bits per heavy atom. The molecule has 5 heteroatoms. The molecule has 14 heavy (non-hydrogen) atoms. The van der Waals surface area contributed by atoms with Crippen molar-refractivity contribution in [2.45, 2.75) is 0 Å². The van der Waals surface area contributed by atoms with Crippen molar-refractivity contribution in [3.05, 3.63) is 37.3 Å². The summed E-state index contributed by atoms with van der Waals surface area (Å²) in [7, 11) is 0. The van der Waals surface area contributed by atoms with Crippen LogP contribution in [0.2, 0.25) is 0 Å². The Bertz CT molecular complexity index is 551. The maximum Gasteiger partial charge on any atom is 0.158 e. The molecule has 0 aliphatic carbocycles. The fourth-order valence-corrected chi connectivity index (χ4v) is 1.42. The van der Waals surface area contributed by atoms with Gasteiger partial charge in [-0.05, 0) is 0 Å². The van der Waals surface area contributed by atoms with Crippen LogP contribution in [0.25, 0.3) is 17.0 Å². The number of fused-ring (bicyclic) bond motifs is 1. The highest BCUT2D eigenvalue weighted by Crippen LogP contribution is 2.17. The van der Waals surface area contributed by atoms with Gasteiger partial charge < -0.3 is 9.38 Å². The molecule has 0 aliphatic heterocycles. The van der Waals surface area contributed by atoms with E-state index in [0.717, 1.165) is 17.0 Å². The average molecular weight is 185 g/mol. The van der Waals surface area contributed by atoms with E-state index in [4.69, 9.17) is 0 Å². The first kappa shape index (κ1) is 7.25. The number of rotatable bonds is 1. The molecule has 3 heterocycles. The quantitative estimate of drug-likeness (QED) is 0.618. The van der Waals surface area contributed by atoms with E-state index in [1.165, 1.54) is 0 Å². The predicted octanol–water partition coefficient (Wildman–Crippen LogP) is 1.12. The molecular formula is C9H7N5. The van der Waals surface area contributed by atoms with Crippen molar-refractivity contribution in [3.8, 4) is 11.5 Å². The molecule has 0 radical (unpaired) electrons. The van der Waals surface area contributed by atoms with Gasteiger partial charge in [-0.25, -0.2) is 9.97 Å². The minimum absolute atomic E-state index is 0.764. The molecule has 0 fully saturated rings. The Labute approximate surface area is 79.5 Å². The van der Waals surface area contributed by atoms with Gasteiger partial charge in [0, 0.05) is 24.8 Å². The van der Waals surface area contributed by atoms with Crippen LogP contribution in [-0.2, 0) is 0 Å². The van der Waals surface area contributed by atoms with Gasteiger partial charge >= 0.3 is 0 Å². The number of imidazole rings is 2. The second kappa shape index (κ2) is 2.66. The van der Waals surface area contributed by atoms with Crippen LogP contribution in [0.3, 0.4) is 0 Å². The first-order valence-corrected chi connectivity index (χ1v) is 4.21. The number of nitrogens with zero attached hydrogens (tertiary/aromatic N) is 4. The van der Waals surface area contributed by atoms with E-state index in [2.05, 4.69) is 19.9 Å². The minimum atomic E-state index is 0.764. The Kier molecular flexibility index (Phi) is 1.38. The number of hydrogen-bond donors (Lipinski definition) is 1. The van der Waals surface area contributed by atoms with Crippen molar-refractivity contribution in [3.63, 3.8) is 0 Å². The van der Waals surface area contributed by atoms with E-state index < -0.39 is 0 Å². The summed E-state index contributed by atoms with van der Waals surface area (Å²) >= 11 is 0. The van der Waals surface area contributed by atoms with Gasteiger partial charge in [0.2, 0.25) is 0 Å². The highest BCUT2D eigenvalue weighted by molar-refractivity contribution is 5.71. The lowest BCUT2D eigenvalue weighted by molar-refractivity contribution is 1.11. The summed E-state index contributed by atoms with van der Waals surface area (Å²) in [5.41, 5.74) is 1.77. The summed E-state index contributed by atoms with van der Waals surface area (Å²) in [4.78, 5) is 15.5. The molecule has 0 bridgehead atoms. The van der Waals surface area contributed by atoms with Gasteiger partial charge in [0.25, 0.3) is 0 Å². The maximum atomic E-state index is 4.27. The molecule has 0 amide bonds. The molecule has 3 rings (SSSR count). The Morgan fingerprint density at radius 2 is 2.21 bits per heavy atom. The molecule has 0 atom stereocenters. The largest absolute Gasteiger partial charge is 0.343 e. The summed E-state index contributed by atoms with van der Waals surface area (Å²) in [6.07, 6.45) is 10.6. The topological polar surface area (TPSA) is 58.9 Å². The predicted molar refractivity (Wildman–Crippen MR) is 50.6 cm³/mol. The van der Waals surface area contributed by atoms with Gasteiger partial charge in [-0.2, -0.15) is 0 Å². The Hall–Kier alpha value is -2.17. The third-order valence-corrected chi connectivity index (χ3v) is 2.06. The van der Waals surface area contributed by atoms with Gasteiger partial charge in [0.1, 0.15) is 12.0 Å². The summed E-state index contributed by atoms with van der Waals surface area (Å²) < 4.78 is 1.91. The van der Waals surface area contributed by atoms with E-state index in [1.54, 1.807) is 31.1 Å². The van der Waals surface area contributed by atoms with E-state index in [0.29, 0.717) is 0 Å². The zero-order valence-electron chi connectivity index (χ0n) is 7.25. The average Bonchev–Trinajstić information content (AvgIpc) is 2.85. The Balaban J connectivity index is 2.33. The second-order valence-corrected chi connectivity index (χ2v) is 2.90. The standard InChI is InChI=1S/C9H7N5/c1-2-12-9(11-1)8-7-5-10-3-4-14(7)6-13-8/h1-6H,(H,11,12). The van der Waals surface area contributed by atoms with Crippen LogP contribution in [0.5, 0.6) is 0 Å². The smallest absolute Gasteiger partial charge is 0.158 e. The number of nitrogens with one attached hydrogen (secondary N) is 1. The summed E-state index contributed by atoms with van der Waals surface area (Å²) in [5.74, 6) is 0.764. The lowest BCUT2D eigenvalue weighted by Crippen LogP contribution is -1.84. The summed E-state index contributed by atoms with van der Waals surface area (Å²) in [6.45, 7) is 0. The molecule has 0 aromatic carbocycles. The van der Waals surface area contributed by atoms with Crippen molar-refractivity contribution in [2.75, 3.05) is 0 Å². The third-order valence-electron chi connectivity index (χ3n) is 2.06. The first-order valence-electron chi connectivity index (χ1n) is 4.21. The number of aromatic amines is 1. The maximum absolute atomic E-state index is 4.27. The molecular weight excluding hydrogens is 178 g/mol. The Morgan fingerprint density at radius 3 is 3.07 bits per heavy atom. The second-order valence-electron chi connectivity index (χ2n) is 2.90. The van der Waals surface area contributed by atoms with Gasteiger partial charge in [-0.15, -0.1) is 0 Å². The van der Waals surface area contributed by atoms with Crippen molar-refractivity contribution < 1.29 is 0 Å². The molecule has 0 saturated carbocycles. The van der Waals surface area contributed by atoms with Gasteiger partial charge in [0.15, 0.2) is 5.82 Å². The number of H-pyrrole nitrogens is 1. The molecule has 0 unspecified atom stereocenters. The highest BCUT2D eigenvalue weighted by atomic mass is 15.0. The molecule has 0 aliphatic rings. The number of hydrogen-bond acceptors (Lipinski definition) is 3. The first-order chi connectivity index (χ1) is 6.95. The monoisotopic (exact) mass is 185 g/mol. The van der Waals surface area contributed by atoms with Crippen LogP contribution in [0.1, 0.15) is 0 Å². The van der Waals surface area contributed by atoms with Gasteiger partial charge in [0.05, 0.1) is 11.7 Å². The summed E-state index contributed by atoms with van der Waals surface area (Å²) in [6, 6.07) is 0. The molecule has 0 saturated heterocycles. The van der Waals surface area contributed by atoms with Crippen LogP contribution in [0.15, 0.2) is 37.3 Å². The van der Waals surface area contributed by atoms with Gasteiger partial charge in [-0.1, -0.05) is 0 Å². The molecule has 68 valence electrons. The molecule has 0 spiro atoms. The summed E-state index contributed by atoms with van der Waals surface area (Å²) in [5, 5.41) is 0. The van der Waals surface area contributed by atoms with E-state index in [1.807, 2.05) is 10.6 Å². The minimum Gasteiger partial charge on any atom is -0.343 e. The van der Waals surface area contributed by atoms with Crippen LogP contribution < -0.4 is 0 Å². The normalized spacial score (nSPS) is 10.9. The van der Waals surface area contributed by atoms with Crippen LogP contribution in [-0.4, -0.2) is 24.3 Å². The van der Waals surface area contributed by atoms with Crippen LogP contribution in [0, 0.1) is 0 Å². The molecule has 1 N–H and O–H groups in total. The van der Waals surface area contributed by atoms with Crippen molar-refractivity contribution in [1.29, 1.82) is 0 Å². The zero-order chi connectivity index (χ0) is 9.38. The lowest BCUT2D eigenvalue weighted by atomic mass is 10.4. The van der Waals surface area contributed by atoms with E-state index in [9.17, 15) is 0 Å². The molecule has 3 aromatic rings. The van der Waals surface area contributed by atoms with Gasteiger partial charge in [-0.3, -0.25) is 4.98 Å². The molecule has 5 nitrogen and oxygen atoms in total. The third kappa shape index (κ3) is 0.922. The van der Waals surface area contributed by atoms with Crippen molar-refractivity contribution in [1.82, 2.24) is 24.3 Å². The fraction of sp³-hybridized carbons (Fsp3) is 0. The van der Waals surface area contributed by atoms with Crippen molar-refractivity contribution in [2.24, 2.45) is 0 Å². The van der Waals surface area contributed by atoms with Crippen LogP contribution in [0.4, 0.5) is 0 Å². The number of aromatic nitrogens is 5. The lowest BCUT2D eigenvalue weighted by Gasteiger charge is -1.92. The van der Waals surface area contributed by atoms with E-state index >= 15 is 0 Å². The SMILES string of the molecule is c1cn2cnc(-c3ncc[nH]3)c2cn1. The fourth-order valence-electron chi connectivity index (χ4n) is 1.42. The van der Waals surface area contributed by atoms with Crippen molar-refractivity contribution >= 4 is 5.52 Å². The zero-order valence-corrected chi connectivity index (χ0v) is 7.25. The van der Waals surface area contributed by atoms with E-state index in [-0.39, 0.29) is 0 Å². The highest BCUT2D eigenvalue weighted by Gasteiger charge is 2.07. The van der Waals surface area contributed by atoms with Crippen LogP contribution >= 0.6 is 0 Å². The molecule has 3 aromatic heterocycles.